The summed E-state index contributed by atoms with van der Waals surface area (Å²) in [4.78, 5) is 14.9. The van der Waals surface area contributed by atoms with E-state index in [-0.39, 0.29) is 24.7 Å². The molecule has 0 spiro atoms. The fraction of sp³-hybridized carbons (Fsp3) is 0.643. The lowest BCUT2D eigenvalue weighted by molar-refractivity contribution is -0.147. The first kappa shape index (κ1) is 14.5. The van der Waals surface area contributed by atoms with Crippen molar-refractivity contribution in [1.82, 2.24) is 4.90 Å². The van der Waals surface area contributed by atoms with E-state index in [2.05, 4.69) is 11.4 Å². The van der Waals surface area contributed by atoms with Gasteiger partial charge in [0, 0.05) is 11.3 Å². The minimum atomic E-state index is -0.678. The zero-order chi connectivity index (χ0) is 14.2. The van der Waals surface area contributed by atoms with Crippen LogP contribution in [-0.2, 0) is 9.53 Å². The first-order valence-electron chi connectivity index (χ1n) is 6.56. The van der Waals surface area contributed by atoms with E-state index in [0.29, 0.717) is 6.42 Å². The van der Waals surface area contributed by atoms with Gasteiger partial charge in [-0.1, -0.05) is 6.92 Å². The van der Waals surface area contributed by atoms with Gasteiger partial charge in [-0.15, -0.1) is 11.3 Å². The number of rotatable bonds is 3. The van der Waals surface area contributed by atoms with Gasteiger partial charge in [0.1, 0.15) is 11.8 Å². The first-order chi connectivity index (χ1) is 8.90. The molecule has 1 aliphatic heterocycles. The van der Waals surface area contributed by atoms with Crippen molar-refractivity contribution in [3.8, 4) is 0 Å². The molecule has 106 valence electrons. The van der Waals surface area contributed by atoms with Crippen molar-refractivity contribution in [1.29, 1.82) is 0 Å². The fourth-order valence-electron chi connectivity index (χ4n) is 2.66. The van der Waals surface area contributed by atoms with Crippen LogP contribution in [0.1, 0.15) is 43.7 Å². The Morgan fingerprint density at radius 1 is 1.58 bits per heavy atom. The number of ether oxygens (including phenoxy) is 1. The highest BCUT2D eigenvalue weighted by molar-refractivity contribution is 7.10. The average molecular weight is 283 g/mol. The predicted octanol–water partition coefficient (Wildman–Crippen LogP) is 2.46. The Labute approximate surface area is 118 Å². The molecule has 2 rings (SSSR count). The predicted molar refractivity (Wildman–Crippen MR) is 75.0 cm³/mol. The number of amides is 1. The molecule has 0 radical (unpaired) electrons. The zero-order valence-corrected chi connectivity index (χ0v) is 12.7. The maximum Gasteiger partial charge on any atom is 0.224 e. The van der Waals surface area contributed by atoms with Crippen LogP contribution >= 0.6 is 11.3 Å². The molecule has 1 fully saturated rings. The van der Waals surface area contributed by atoms with Crippen LogP contribution in [0.15, 0.2) is 11.4 Å². The molecular formula is C14H21NO3S. The molecule has 1 saturated heterocycles. The van der Waals surface area contributed by atoms with Crippen molar-refractivity contribution in [2.24, 2.45) is 0 Å². The van der Waals surface area contributed by atoms with E-state index in [1.165, 1.54) is 5.56 Å². The van der Waals surface area contributed by atoms with Crippen LogP contribution in [0.3, 0.4) is 0 Å². The van der Waals surface area contributed by atoms with Crippen molar-refractivity contribution in [3.05, 3.63) is 21.9 Å². The number of aliphatic hydroxyl groups excluding tert-OH is 1. The van der Waals surface area contributed by atoms with Crippen LogP contribution in [0.25, 0.3) is 0 Å². The SMILES string of the molecule is CCC(=O)N1[C@@H](CO)[C@@H](c2cc(C)cs2)OC1(C)C. The maximum absolute atomic E-state index is 12.1. The summed E-state index contributed by atoms with van der Waals surface area (Å²) in [6.45, 7) is 7.53. The summed E-state index contributed by atoms with van der Waals surface area (Å²) in [5.74, 6) is 0.0137. The van der Waals surface area contributed by atoms with E-state index in [1.54, 1.807) is 16.2 Å². The monoisotopic (exact) mass is 283 g/mol. The van der Waals surface area contributed by atoms with Crippen LogP contribution in [0.4, 0.5) is 0 Å². The van der Waals surface area contributed by atoms with Gasteiger partial charge < -0.3 is 14.7 Å². The lowest BCUT2D eigenvalue weighted by Crippen LogP contribution is -2.48. The van der Waals surface area contributed by atoms with Gasteiger partial charge in [-0.3, -0.25) is 4.79 Å². The Morgan fingerprint density at radius 2 is 2.26 bits per heavy atom. The van der Waals surface area contributed by atoms with Crippen molar-refractivity contribution in [2.45, 2.75) is 52.0 Å². The van der Waals surface area contributed by atoms with Crippen molar-refractivity contribution >= 4 is 17.2 Å². The Morgan fingerprint density at radius 3 is 2.74 bits per heavy atom. The smallest absolute Gasteiger partial charge is 0.224 e. The first-order valence-corrected chi connectivity index (χ1v) is 7.44. The summed E-state index contributed by atoms with van der Waals surface area (Å²) in [6, 6.07) is 1.76. The highest BCUT2D eigenvalue weighted by Crippen LogP contribution is 2.42. The number of aryl methyl sites for hydroxylation is 1. The normalized spacial score (nSPS) is 25.8. The molecule has 0 saturated carbocycles. The van der Waals surface area contributed by atoms with Crippen LogP contribution in [0.5, 0.6) is 0 Å². The summed E-state index contributed by atoms with van der Waals surface area (Å²) in [7, 11) is 0. The lowest BCUT2D eigenvalue weighted by Gasteiger charge is -2.32. The molecule has 1 aliphatic rings. The Bertz CT molecular complexity index is 469. The van der Waals surface area contributed by atoms with Crippen LogP contribution < -0.4 is 0 Å². The van der Waals surface area contributed by atoms with Gasteiger partial charge in [-0.05, 0) is 37.8 Å². The molecule has 4 nitrogen and oxygen atoms in total. The van der Waals surface area contributed by atoms with Gasteiger partial charge in [0.2, 0.25) is 5.91 Å². The third-order valence-corrected chi connectivity index (χ3v) is 4.58. The molecule has 5 heteroatoms. The number of hydrogen-bond acceptors (Lipinski definition) is 4. The Kier molecular flexibility index (Phi) is 3.99. The molecule has 0 bridgehead atoms. The number of nitrogens with zero attached hydrogens (tertiary/aromatic N) is 1. The van der Waals surface area contributed by atoms with Gasteiger partial charge >= 0.3 is 0 Å². The number of hydrogen-bond donors (Lipinski definition) is 1. The van der Waals surface area contributed by atoms with Crippen LogP contribution in [0, 0.1) is 6.92 Å². The number of thiophene rings is 1. The van der Waals surface area contributed by atoms with Crippen LogP contribution in [-0.4, -0.2) is 34.3 Å². The number of carbonyl (C=O) groups excluding carboxylic acids is 1. The minimum Gasteiger partial charge on any atom is -0.394 e. The van der Waals surface area contributed by atoms with Crippen LogP contribution in [0.2, 0.25) is 0 Å². The molecule has 1 aromatic rings. The maximum atomic E-state index is 12.1. The minimum absolute atomic E-state index is 0.0137. The molecule has 19 heavy (non-hydrogen) atoms. The molecule has 1 N–H and O–H groups in total. The second-order valence-corrected chi connectivity index (χ2v) is 6.32. The molecule has 0 aliphatic carbocycles. The molecule has 2 atom stereocenters. The highest BCUT2D eigenvalue weighted by Gasteiger charge is 2.49. The number of carbonyl (C=O) groups is 1. The highest BCUT2D eigenvalue weighted by atomic mass is 32.1. The van der Waals surface area contributed by atoms with Crippen molar-refractivity contribution < 1.29 is 14.6 Å². The second-order valence-electron chi connectivity index (χ2n) is 5.38. The van der Waals surface area contributed by atoms with E-state index >= 15 is 0 Å². The summed E-state index contributed by atoms with van der Waals surface area (Å²) in [5.41, 5.74) is 0.502. The number of aliphatic hydroxyl groups is 1. The summed E-state index contributed by atoms with van der Waals surface area (Å²) < 4.78 is 6.04. The van der Waals surface area contributed by atoms with Gasteiger partial charge in [0.15, 0.2) is 0 Å². The molecule has 0 aromatic carbocycles. The molecule has 0 unspecified atom stereocenters. The van der Waals surface area contributed by atoms with E-state index < -0.39 is 5.72 Å². The third-order valence-electron chi connectivity index (χ3n) is 3.47. The van der Waals surface area contributed by atoms with Gasteiger partial charge in [0.05, 0.1) is 12.6 Å². The van der Waals surface area contributed by atoms with E-state index in [0.717, 1.165) is 4.88 Å². The van der Waals surface area contributed by atoms with Crippen molar-refractivity contribution in [3.63, 3.8) is 0 Å². The van der Waals surface area contributed by atoms with Gasteiger partial charge in [0.25, 0.3) is 0 Å². The topological polar surface area (TPSA) is 49.8 Å². The van der Waals surface area contributed by atoms with E-state index in [1.807, 2.05) is 27.7 Å². The molecule has 1 amide bonds. The molecular weight excluding hydrogens is 262 g/mol. The summed E-state index contributed by atoms with van der Waals surface area (Å²) in [5, 5.41) is 11.7. The standard InChI is InChI=1S/C14H21NO3S/c1-5-12(17)15-10(7-16)13(18-14(15,3)4)11-6-9(2)8-19-11/h6,8,10,13,16H,5,7H2,1-4H3/t10-,13-/m0/s1. The Hall–Kier alpha value is -0.910. The second kappa shape index (κ2) is 5.23. The van der Waals surface area contributed by atoms with E-state index in [4.69, 9.17) is 4.74 Å². The lowest BCUT2D eigenvalue weighted by atomic mass is 10.1. The van der Waals surface area contributed by atoms with Gasteiger partial charge in [-0.2, -0.15) is 0 Å². The summed E-state index contributed by atoms with van der Waals surface area (Å²) in [6.07, 6.45) is 0.175. The van der Waals surface area contributed by atoms with Gasteiger partial charge in [-0.25, -0.2) is 0 Å². The fourth-order valence-corrected chi connectivity index (χ4v) is 3.65. The largest absolute Gasteiger partial charge is 0.394 e. The zero-order valence-electron chi connectivity index (χ0n) is 11.8. The van der Waals surface area contributed by atoms with E-state index in [9.17, 15) is 9.90 Å². The average Bonchev–Trinajstić information content (AvgIpc) is 2.89. The third kappa shape index (κ3) is 2.55. The quantitative estimate of drug-likeness (QED) is 0.927. The molecule has 1 aromatic heterocycles. The Balaban J connectivity index is 2.35. The molecule has 2 heterocycles. The summed E-state index contributed by atoms with van der Waals surface area (Å²) >= 11 is 1.61. The van der Waals surface area contributed by atoms with Crippen molar-refractivity contribution in [2.75, 3.05) is 6.61 Å².